The molecule has 2 atom stereocenters. The van der Waals surface area contributed by atoms with Gasteiger partial charge in [-0.25, -0.2) is 9.67 Å². The predicted molar refractivity (Wildman–Crippen MR) is 108 cm³/mol. The third kappa shape index (κ3) is 3.01. The van der Waals surface area contributed by atoms with Gasteiger partial charge in [-0.3, -0.25) is 4.79 Å². The number of para-hydroxylation sites is 1. The van der Waals surface area contributed by atoms with Crippen LogP contribution in [0.2, 0.25) is 0 Å². The summed E-state index contributed by atoms with van der Waals surface area (Å²) in [6.45, 7) is 0.851. The van der Waals surface area contributed by atoms with E-state index in [2.05, 4.69) is 10.1 Å². The quantitative estimate of drug-likeness (QED) is 0.687. The van der Waals surface area contributed by atoms with E-state index in [1.165, 1.54) is 25.7 Å². The van der Waals surface area contributed by atoms with E-state index in [9.17, 15) is 4.79 Å². The van der Waals surface area contributed by atoms with E-state index in [0.29, 0.717) is 23.6 Å². The molecule has 0 spiro atoms. The summed E-state index contributed by atoms with van der Waals surface area (Å²) in [6, 6.07) is 20.2. The van der Waals surface area contributed by atoms with Gasteiger partial charge in [0.25, 0.3) is 5.91 Å². The number of hydrogen-bond acceptors (Lipinski definition) is 3. The van der Waals surface area contributed by atoms with Crippen LogP contribution < -0.4 is 0 Å². The molecule has 28 heavy (non-hydrogen) atoms. The molecule has 1 saturated heterocycles. The fourth-order valence-corrected chi connectivity index (χ4v) is 4.53. The SMILES string of the molecule is O=C(c1nc(-c2ccccc2)n(-c2ccccc2)n1)N1CC2CCCCCC21. The van der Waals surface area contributed by atoms with Gasteiger partial charge in [-0.05, 0) is 30.9 Å². The molecule has 1 aliphatic heterocycles. The first-order chi connectivity index (χ1) is 13.8. The number of likely N-dealkylation sites (tertiary alicyclic amines) is 1. The van der Waals surface area contributed by atoms with Crippen molar-refractivity contribution in [3.63, 3.8) is 0 Å². The minimum absolute atomic E-state index is 0.0324. The Morgan fingerprint density at radius 1 is 0.893 bits per heavy atom. The Morgan fingerprint density at radius 2 is 1.61 bits per heavy atom. The van der Waals surface area contributed by atoms with Gasteiger partial charge in [0.2, 0.25) is 5.82 Å². The second-order valence-corrected chi connectivity index (χ2v) is 7.80. The van der Waals surface area contributed by atoms with Crippen molar-refractivity contribution in [2.45, 2.75) is 38.1 Å². The summed E-state index contributed by atoms with van der Waals surface area (Å²) >= 11 is 0. The number of rotatable bonds is 3. The van der Waals surface area contributed by atoms with Crippen LogP contribution in [0.4, 0.5) is 0 Å². The molecule has 3 aromatic rings. The lowest BCUT2D eigenvalue weighted by molar-refractivity contribution is 0.0112. The second-order valence-electron chi connectivity index (χ2n) is 7.80. The van der Waals surface area contributed by atoms with Crippen LogP contribution in [0.5, 0.6) is 0 Å². The summed E-state index contributed by atoms with van der Waals surface area (Å²) < 4.78 is 1.78. The van der Waals surface area contributed by atoms with Crippen LogP contribution >= 0.6 is 0 Å². The van der Waals surface area contributed by atoms with Gasteiger partial charge in [0.05, 0.1) is 5.69 Å². The van der Waals surface area contributed by atoms with E-state index in [0.717, 1.165) is 24.2 Å². The molecule has 1 amide bonds. The van der Waals surface area contributed by atoms with E-state index in [4.69, 9.17) is 0 Å². The Labute approximate surface area is 165 Å². The second kappa shape index (κ2) is 7.23. The number of amides is 1. The highest BCUT2D eigenvalue weighted by molar-refractivity contribution is 5.92. The van der Waals surface area contributed by atoms with Crippen molar-refractivity contribution in [3.05, 3.63) is 66.5 Å². The lowest BCUT2D eigenvalue weighted by Crippen LogP contribution is -2.58. The van der Waals surface area contributed by atoms with Gasteiger partial charge in [-0.1, -0.05) is 67.8 Å². The molecule has 0 N–H and O–H groups in total. The van der Waals surface area contributed by atoms with E-state index in [1.54, 1.807) is 4.68 Å². The molecule has 2 aliphatic rings. The summed E-state index contributed by atoms with van der Waals surface area (Å²) in [7, 11) is 0. The predicted octanol–water partition coefficient (Wildman–Crippen LogP) is 4.34. The summed E-state index contributed by atoms with van der Waals surface area (Å²) in [6.07, 6.45) is 6.15. The third-order valence-electron chi connectivity index (χ3n) is 6.04. The van der Waals surface area contributed by atoms with Gasteiger partial charge >= 0.3 is 0 Å². The van der Waals surface area contributed by atoms with Gasteiger partial charge < -0.3 is 4.90 Å². The Balaban J connectivity index is 1.50. The first kappa shape index (κ1) is 17.2. The molecule has 1 aromatic heterocycles. The summed E-state index contributed by atoms with van der Waals surface area (Å²) in [5.74, 6) is 1.63. The lowest BCUT2D eigenvalue weighted by Gasteiger charge is -2.47. The largest absolute Gasteiger partial charge is 0.332 e. The topological polar surface area (TPSA) is 51.0 Å². The van der Waals surface area contributed by atoms with Crippen LogP contribution in [0.15, 0.2) is 60.7 Å². The summed E-state index contributed by atoms with van der Waals surface area (Å²) in [5.41, 5.74) is 1.86. The van der Waals surface area contributed by atoms with Crippen molar-refractivity contribution in [1.29, 1.82) is 0 Å². The third-order valence-corrected chi connectivity index (χ3v) is 6.04. The summed E-state index contributed by atoms with van der Waals surface area (Å²) in [4.78, 5) is 19.9. The van der Waals surface area contributed by atoms with Gasteiger partial charge in [-0.2, -0.15) is 0 Å². The van der Waals surface area contributed by atoms with E-state index in [-0.39, 0.29) is 5.91 Å². The Morgan fingerprint density at radius 3 is 2.39 bits per heavy atom. The zero-order chi connectivity index (χ0) is 18.9. The lowest BCUT2D eigenvalue weighted by atomic mass is 9.84. The molecule has 2 fully saturated rings. The van der Waals surface area contributed by atoms with Crippen molar-refractivity contribution >= 4 is 5.91 Å². The number of benzene rings is 2. The minimum Gasteiger partial charge on any atom is -0.332 e. The molecule has 5 nitrogen and oxygen atoms in total. The Kier molecular flexibility index (Phi) is 4.43. The maximum atomic E-state index is 13.2. The molecule has 0 radical (unpaired) electrons. The zero-order valence-corrected chi connectivity index (χ0v) is 15.9. The molecule has 2 unspecified atom stereocenters. The molecule has 1 aliphatic carbocycles. The smallest absolute Gasteiger partial charge is 0.293 e. The average Bonchev–Trinajstić information content (AvgIpc) is 3.10. The number of nitrogens with zero attached hydrogens (tertiary/aromatic N) is 4. The van der Waals surface area contributed by atoms with E-state index < -0.39 is 0 Å². The average molecular weight is 372 g/mol. The number of carbonyl (C=O) groups is 1. The van der Waals surface area contributed by atoms with E-state index in [1.807, 2.05) is 65.6 Å². The highest BCUT2D eigenvalue weighted by atomic mass is 16.2. The van der Waals surface area contributed by atoms with E-state index >= 15 is 0 Å². The highest BCUT2D eigenvalue weighted by Crippen LogP contribution is 2.36. The van der Waals surface area contributed by atoms with Crippen LogP contribution in [0.1, 0.15) is 42.7 Å². The standard InChI is InChI=1S/C23H24N4O/c28-23(26-16-18-12-6-2-9-15-20(18)26)21-24-22(17-10-4-1-5-11-17)27(25-21)19-13-7-3-8-14-19/h1,3-5,7-8,10-11,13-14,18,20H,2,6,9,12,15-16H2. The van der Waals surface area contributed by atoms with Crippen LogP contribution in [0, 0.1) is 5.92 Å². The molecule has 2 aromatic carbocycles. The normalized spacial score (nSPS) is 21.5. The molecular formula is C23H24N4O. The fraction of sp³-hybridized carbons (Fsp3) is 0.348. The Bertz CT molecular complexity index is 910. The van der Waals surface area contributed by atoms with Crippen LogP contribution in [0.3, 0.4) is 0 Å². The van der Waals surface area contributed by atoms with Gasteiger partial charge in [0.1, 0.15) is 0 Å². The molecule has 1 saturated carbocycles. The van der Waals surface area contributed by atoms with Crippen molar-refractivity contribution in [1.82, 2.24) is 19.7 Å². The molecule has 142 valence electrons. The molecule has 5 rings (SSSR count). The van der Waals surface area contributed by atoms with Crippen molar-refractivity contribution < 1.29 is 4.79 Å². The molecular weight excluding hydrogens is 348 g/mol. The minimum atomic E-state index is -0.0324. The molecule has 5 heteroatoms. The zero-order valence-electron chi connectivity index (χ0n) is 15.9. The van der Waals surface area contributed by atoms with Crippen molar-refractivity contribution in [3.8, 4) is 17.1 Å². The van der Waals surface area contributed by atoms with Crippen LogP contribution in [0.25, 0.3) is 17.1 Å². The molecule has 2 heterocycles. The highest BCUT2D eigenvalue weighted by Gasteiger charge is 2.43. The maximum Gasteiger partial charge on any atom is 0.293 e. The fourth-order valence-electron chi connectivity index (χ4n) is 4.53. The molecule has 0 bridgehead atoms. The number of fused-ring (bicyclic) bond motifs is 1. The van der Waals surface area contributed by atoms with Crippen LogP contribution in [-0.2, 0) is 0 Å². The maximum absolute atomic E-state index is 13.2. The first-order valence-electron chi connectivity index (χ1n) is 10.2. The van der Waals surface area contributed by atoms with Gasteiger partial charge in [-0.15, -0.1) is 5.10 Å². The summed E-state index contributed by atoms with van der Waals surface area (Å²) in [5, 5.41) is 4.64. The first-order valence-corrected chi connectivity index (χ1v) is 10.2. The monoisotopic (exact) mass is 372 g/mol. The number of hydrogen-bond donors (Lipinski definition) is 0. The van der Waals surface area contributed by atoms with Gasteiger partial charge in [0.15, 0.2) is 5.82 Å². The number of aromatic nitrogens is 3. The Hall–Kier alpha value is -2.95. The number of carbonyl (C=O) groups excluding carboxylic acids is 1. The van der Waals surface area contributed by atoms with Crippen molar-refractivity contribution in [2.75, 3.05) is 6.54 Å². The van der Waals surface area contributed by atoms with Crippen LogP contribution in [-0.4, -0.2) is 38.2 Å². The van der Waals surface area contributed by atoms with Gasteiger partial charge in [0, 0.05) is 18.2 Å². The van der Waals surface area contributed by atoms with Crippen molar-refractivity contribution in [2.24, 2.45) is 5.92 Å².